The van der Waals surface area contributed by atoms with Crippen molar-refractivity contribution in [2.75, 3.05) is 4.90 Å². The smallest absolute Gasteiger partial charge is 0.247 e. The Labute approximate surface area is 508 Å². The molecule has 0 bridgehead atoms. The van der Waals surface area contributed by atoms with Crippen LogP contribution in [0.25, 0.3) is 44.5 Å². The summed E-state index contributed by atoms with van der Waals surface area (Å²) in [6.45, 7) is 33.9. The largest absolute Gasteiger partial charge is 0.457 e. The Bertz CT molecular complexity index is 4420. The van der Waals surface area contributed by atoms with Crippen molar-refractivity contribution >= 4 is 40.2 Å². The van der Waals surface area contributed by atoms with Gasteiger partial charge >= 0.3 is 0 Å². The standard InChI is InChI=1S/C81H80BNO/c1-76(2,3)58-36-39-70(63(50-58)52-28-20-17-21-29-52)83-71-46-54(56-42-61(79(10,11)12)49-62(43-56)80(13,14)15)35-38-69(71)82-68-37-34-53(55-40-59(77(4,5)6)48-60(41-55)78(7,8)9)44-66(68)81(64-30-22-24-32-73(64)84-74-33-25-23-31-65(74)81)67-45-57(47-72(83)75(67)82)51-26-18-16-19-27-51/h16-50H,1-15H3/i16D,18D,19D,26D,27D. The second kappa shape index (κ2) is 19.5. The third-order valence-electron chi connectivity index (χ3n) is 18.2. The minimum Gasteiger partial charge on any atom is -0.457 e. The van der Waals surface area contributed by atoms with Gasteiger partial charge in [-0.25, -0.2) is 0 Å². The van der Waals surface area contributed by atoms with Gasteiger partial charge in [0.05, 0.1) is 18.0 Å². The van der Waals surface area contributed by atoms with Crippen LogP contribution in [-0.2, 0) is 32.5 Å². The molecule has 0 unspecified atom stereocenters. The lowest BCUT2D eigenvalue weighted by molar-refractivity contribution is 0.435. The first-order chi connectivity index (χ1) is 41.8. The number of para-hydroxylation sites is 2. The molecule has 13 rings (SSSR count). The molecular formula is C81H80BNO. The van der Waals surface area contributed by atoms with Crippen molar-refractivity contribution in [3.63, 3.8) is 0 Å². The summed E-state index contributed by atoms with van der Waals surface area (Å²) in [6.07, 6.45) is 0. The predicted molar refractivity (Wildman–Crippen MR) is 359 cm³/mol. The van der Waals surface area contributed by atoms with Gasteiger partial charge < -0.3 is 9.64 Å². The molecule has 0 aromatic heterocycles. The van der Waals surface area contributed by atoms with Gasteiger partial charge in [-0.15, -0.1) is 0 Å². The number of anilines is 3. The van der Waals surface area contributed by atoms with Crippen LogP contribution in [0.5, 0.6) is 11.5 Å². The van der Waals surface area contributed by atoms with Gasteiger partial charge in [-0.1, -0.05) is 279 Å². The molecule has 0 saturated heterocycles. The van der Waals surface area contributed by atoms with Crippen LogP contribution < -0.4 is 26.0 Å². The van der Waals surface area contributed by atoms with Gasteiger partial charge in [0.1, 0.15) is 11.5 Å². The number of hydrogen-bond donors (Lipinski definition) is 0. The molecule has 10 aromatic rings. The van der Waals surface area contributed by atoms with Crippen LogP contribution in [0.15, 0.2) is 212 Å². The minimum absolute atomic E-state index is 0.130. The highest BCUT2D eigenvalue weighted by Gasteiger charge is 2.55. The molecule has 3 aliphatic rings. The summed E-state index contributed by atoms with van der Waals surface area (Å²) >= 11 is 0. The molecule has 10 aromatic carbocycles. The van der Waals surface area contributed by atoms with Crippen molar-refractivity contribution in [1.29, 1.82) is 0 Å². The molecule has 3 heterocycles. The van der Waals surface area contributed by atoms with E-state index >= 15 is 0 Å². The number of fused-ring (bicyclic) bond motifs is 10. The first kappa shape index (κ1) is 49.3. The summed E-state index contributed by atoms with van der Waals surface area (Å²) in [5, 5.41) is 0. The second-order valence-corrected chi connectivity index (χ2v) is 29.1. The molecule has 0 fully saturated rings. The van der Waals surface area contributed by atoms with Crippen LogP contribution in [0, 0.1) is 0 Å². The fourth-order valence-corrected chi connectivity index (χ4v) is 13.4. The fraction of sp³-hybridized carbons (Fsp3) is 0.259. The number of hydrogen-bond acceptors (Lipinski definition) is 2. The molecule has 418 valence electrons. The molecule has 0 amide bonds. The normalized spacial score (nSPS) is 15.1. The quantitative estimate of drug-likeness (QED) is 0.159. The van der Waals surface area contributed by atoms with Crippen LogP contribution in [0.2, 0.25) is 0 Å². The third kappa shape index (κ3) is 9.16. The zero-order chi connectivity index (χ0) is 63.4. The van der Waals surface area contributed by atoms with Crippen LogP contribution in [0.4, 0.5) is 17.1 Å². The topological polar surface area (TPSA) is 12.5 Å². The van der Waals surface area contributed by atoms with Gasteiger partial charge in [-0.2, -0.15) is 0 Å². The zero-order valence-corrected chi connectivity index (χ0v) is 51.8. The first-order valence-corrected chi connectivity index (χ1v) is 30.1. The Morgan fingerprint density at radius 1 is 0.345 bits per heavy atom. The van der Waals surface area contributed by atoms with Gasteiger partial charge in [-0.3, -0.25) is 0 Å². The van der Waals surface area contributed by atoms with E-state index in [2.05, 4.69) is 279 Å². The highest BCUT2D eigenvalue weighted by Crippen LogP contribution is 2.58. The highest BCUT2D eigenvalue weighted by molar-refractivity contribution is 6.99. The molecule has 3 heteroatoms. The molecule has 1 spiro atoms. The van der Waals surface area contributed by atoms with Gasteiger partial charge in [0.15, 0.2) is 0 Å². The predicted octanol–water partition coefficient (Wildman–Crippen LogP) is 19.9. The van der Waals surface area contributed by atoms with Crippen molar-refractivity contribution in [3.8, 4) is 56.0 Å². The van der Waals surface area contributed by atoms with Gasteiger partial charge in [0, 0.05) is 28.1 Å². The van der Waals surface area contributed by atoms with E-state index in [1.54, 1.807) is 0 Å². The molecular weight excluding hydrogens is 1010 g/mol. The lowest BCUT2D eigenvalue weighted by Crippen LogP contribution is -2.65. The maximum absolute atomic E-state index is 9.83. The summed E-state index contributed by atoms with van der Waals surface area (Å²) < 4.78 is 54.1. The molecule has 0 radical (unpaired) electrons. The number of nitrogens with zero attached hydrogens (tertiary/aromatic N) is 1. The fourth-order valence-electron chi connectivity index (χ4n) is 13.4. The van der Waals surface area contributed by atoms with Crippen LogP contribution >= 0.6 is 0 Å². The van der Waals surface area contributed by atoms with Crippen molar-refractivity contribution in [2.45, 2.75) is 136 Å². The third-order valence-corrected chi connectivity index (χ3v) is 18.2. The second-order valence-electron chi connectivity index (χ2n) is 29.1. The molecule has 0 saturated carbocycles. The Hall–Kier alpha value is -8.14. The first-order valence-electron chi connectivity index (χ1n) is 32.6. The maximum atomic E-state index is 9.83. The van der Waals surface area contributed by atoms with E-state index in [0.717, 1.165) is 101 Å². The number of ether oxygens (including phenoxy) is 1. The number of benzene rings is 10. The summed E-state index contributed by atoms with van der Waals surface area (Å²) in [4.78, 5) is 2.45. The number of rotatable bonds is 5. The minimum atomic E-state index is -1.09. The summed E-state index contributed by atoms with van der Waals surface area (Å²) in [5.41, 5.74) is 21.7. The molecule has 2 nitrogen and oxygen atoms in total. The lowest BCUT2D eigenvalue weighted by atomic mass is 9.29. The Balaban J connectivity index is 1.25. The summed E-state index contributed by atoms with van der Waals surface area (Å²) in [5.74, 6) is 1.45. The zero-order valence-electron chi connectivity index (χ0n) is 56.8. The van der Waals surface area contributed by atoms with Crippen molar-refractivity contribution < 1.29 is 11.6 Å². The van der Waals surface area contributed by atoms with Gasteiger partial charge in [0.25, 0.3) is 0 Å². The Morgan fingerprint density at radius 3 is 1.35 bits per heavy atom. The van der Waals surface area contributed by atoms with Crippen LogP contribution in [-0.4, -0.2) is 6.71 Å². The van der Waals surface area contributed by atoms with Gasteiger partial charge in [0.2, 0.25) is 6.71 Å². The lowest BCUT2D eigenvalue weighted by Gasteiger charge is -2.50. The Kier molecular flexibility index (Phi) is 11.4. The summed E-state index contributed by atoms with van der Waals surface area (Å²) in [6, 6.07) is 65.6. The van der Waals surface area contributed by atoms with E-state index < -0.39 is 11.5 Å². The monoisotopic (exact) mass is 1100 g/mol. The SMILES string of the molecule is [2H]c1c([2H])c([2H])c(-c2cc3c4c(c2)C2(c5ccccc5Oc5ccccc52)c2cc(-c5cc(C(C)(C)C)cc(C(C)(C)C)c5)ccc2B4c2ccc(-c4cc(C(C)(C)C)cc(C(C)(C)C)c4)cc2N3c2ccc(C(C)(C)C)cc2-c2ccccc2)c([2H])c1[2H]. The maximum Gasteiger partial charge on any atom is 0.247 e. The highest BCUT2D eigenvalue weighted by atomic mass is 16.5. The molecule has 84 heavy (non-hydrogen) atoms. The average Bonchev–Trinajstić information content (AvgIpc) is 0.670. The van der Waals surface area contributed by atoms with E-state index in [-0.39, 0.29) is 63.5 Å². The van der Waals surface area contributed by atoms with Crippen molar-refractivity contribution in [1.82, 2.24) is 0 Å². The molecule has 0 aliphatic carbocycles. The van der Waals surface area contributed by atoms with Gasteiger partial charge in [-0.05, 0) is 158 Å². The van der Waals surface area contributed by atoms with Crippen LogP contribution in [0.3, 0.4) is 0 Å². The van der Waals surface area contributed by atoms with Crippen LogP contribution in [0.1, 0.15) is 161 Å². The van der Waals surface area contributed by atoms with E-state index in [1.165, 1.54) is 27.8 Å². The summed E-state index contributed by atoms with van der Waals surface area (Å²) in [7, 11) is 0. The molecule has 0 N–H and O–H groups in total. The molecule has 3 aliphatic heterocycles. The average molecular weight is 1100 g/mol. The van der Waals surface area contributed by atoms with E-state index in [4.69, 9.17) is 6.11 Å². The molecule has 0 atom stereocenters. The van der Waals surface area contributed by atoms with E-state index in [0.29, 0.717) is 5.56 Å². The van der Waals surface area contributed by atoms with E-state index in [1.807, 2.05) is 12.1 Å². The van der Waals surface area contributed by atoms with Crippen molar-refractivity contribution in [3.05, 3.63) is 262 Å². The van der Waals surface area contributed by atoms with E-state index in [9.17, 15) is 5.48 Å². The Morgan fingerprint density at radius 2 is 0.810 bits per heavy atom. The van der Waals surface area contributed by atoms with Crippen molar-refractivity contribution in [2.24, 2.45) is 0 Å².